The fourth-order valence-corrected chi connectivity index (χ4v) is 1.02. The Morgan fingerprint density at radius 1 is 0.941 bits per heavy atom. The van der Waals surface area contributed by atoms with Crippen LogP contribution in [-0.4, -0.2) is 32.7 Å². The molecule has 0 aliphatic carbocycles. The molecular formula is C10H18FeO4S2. The largest absolute Gasteiger partial charge is 2.00 e. The Bertz CT molecular complexity index is 192. The number of rotatable bonds is 6. The van der Waals surface area contributed by atoms with Crippen molar-refractivity contribution in [2.45, 2.75) is 51.7 Å². The Morgan fingerprint density at radius 2 is 1.18 bits per heavy atom. The van der Waals surface area contributed by atoms with E-state index in [4.69, 9.17) is 10.2 Å². The van der Waals surface area contributed by atoms with Crippen LogP contribution in [-0.2, 0) is 51.9 Å². The molecule has 0 aromatic heterocycles. The monoisotopic (exact) mass is 322 g/mol. The summed E-state index contributed by atoms with van der Waals surface area (Å²) in [5.74, 6) is 0. The van der Waals surface area contributed by atoms with E-state index in [1.807, 2.05) is 13.8 Å². The Balaban J connectivity index is -0.000000218. The molecule has 0 radical (unpaired) electrons. The van der Waals surface area contributed by atoms with Gasteiger partial charge in [0.05, 0.1) is 12.2 Å². The zero-order valence-corrected chi connectivity index (χ0v) is 12.6. The quantitative estimate of drug-likeness (QED) is 0.546. The van der Waals surface area contributed by atoms with Gasteiger partial charge in [-0.05, 0) is 12.8 Å². The van der Waals surface area contributed by atoms with Crippen molar-refractivity contribution in [3.05, 3.63) is 0 Å². The van der Waals surface area contributed by atoms with Crippen LogP contribution in [0.2, 0.25) is 0 Å². The van der Waals surface area contributed by atoms with Gasteiger partial charge in [-0.1, -0.05) is 26.7 Å². The summed E-state index contributed by atoms with van der Waals surface area (Å²) in [7, 11) is 0. The minimum atomic E-state index is -0.907. The van der Waals surface area contributed by atoms with Crippen molar-refractivity contribution in [1.29, 1.82) is 0 Å². The van der Waals surface area contributed by atoms with Gasteiger partial charge in [0.2, 0.25) is 0 Å². The second-order valence-corrected chi connectivity index (χ2v) is 4.05. The van der Waals surface area contributed by atoms with Crippen LogP contribution in [0.25, 0.3) is 0 Å². The standard InChI is InChI=1S/2C5H10O2S.Fe/c2*1-2-3-4(6)5(7)8;/h2*4,6H,2-3H2,1H3,(H,7,8);/q;;+2/p-2. The number of hydrogen-bond acceptors (Lipinski definition) is 6. The molecule has 0 aliphatic heterocycles. The summed E-state index contributed by atoms with van der Waals surface area (Å²) < 4.78 is 0. The summed E-state index contributed by atoms with van der Waals surface area (Å²) in [5, 5.41) is 16.2. The smallest absolute Gasteiger partial charge is 0.739 e. The molecule has 2 unspecified atom stereocenters. The summed E-state index contributed by atoms with van der Waals surface area (Å²) in [6, 6.07) is 0. The predicted octanol–water partition coefficient (Wildman–Crippen LogP) is 0.439. The van der Waals surface area contributed by atoms with E-state index in [-0.39, 0.29) is 17.1 Å². The molecule has 102 valence electrons. The van der Waals surface area contributed by atoms with Gasteiger partial charge in [-0.3, -0.25) is 0 Å². The van der Waals surface area contributed by atoms with Crippen LogP contribution in [0.5, 0.6) is 0 Å². The molecule has 4 nitrogen and oxygen atoms in total. The van der Waals surface area contributed by atoms with Crippen LogP contribution in [0.4, 0.5) is 0 Å². The molecule has 2 N–H and O–H groups in total. The fourth-order valence-electron chi connectivity index (χ4n) is 0.783. The van der Waals surface area contributed by atoms with Gasteiger partial charge in [-0.2, -0.15) is 0 Å². The molecule has 7 heteroatoms. The maximum Gasteiger partial charge on any atom is 2.00 e. The summed E-state index contributed by atoms with van der Waals surface area (Å²) in [4.78, 5) is 20.2. The van der Waals surface area contributed by atoms with Crippen LogP contribution in [0.3, 0.4) is 0 Å². The Labute approximate surface area is 124 Å². The molecule has 0 saturated carbocycles. The van der Waals surface area contributed by atoms with Crippen molar-refractivity contribution in [2.24, 2.45) is 0 Å². The number of carbonyl (C=O) groups excluding carboxylic acids is 2. The third kappa shape index (κ3) is 16.2. The molecule has 0 fully saturated rings. The average Bonchev–Trinajstić information content (AvgIpc) is 2.19. The molecule has 0 heterocycles. The van der Waals surface area contributed by atoms with E-state index < -0.39 is 22.4 Å². The first-order valence-electron chi connectivity index (χ1n) is 5.14. The van der Waals surface area contributed by atoms with Gasteiger partial charge < -0.3 is 45.1 Å². The third-order valence-electron chi connectivity index (χ3n) is 1.67. The van der Waals surface area contributed by atoms with Crippen LogP contribution in [0.1, 0.15) is 39.5 Å². The van der Waals surface area contributed by atoms with E-state index in [9.17, 15) is 9.59 Å². The molecule has 0 aromatic carbocycles. The molecule has 0 aliphatic rings. The van der Waals surface area contributed by atoms with Crippen LogP contribution >= 0.6 is 0 Å². The van der Waals surface area contributed by atoms with Crippen LogP contribution < -0.4 is 0 Å². The molecule has 0 aromatic rings. The van der Waals surface area contributed by atoms with Crippen LogP contribution in [0, 0.1) is 0 Å². The second-order valence-electron chi connectivity index (χ2n) is 3.25. The Morgan fingerprint density at radius 3 is 1.24 bits per heavy atom. The first-order chi connectivity index (χ1) is 7.36. The Kier molecular flexibility index (Phi) is 18.8. The summed E-state index contributed by atoms with van der Waals surface area (Å²) >= 11 is 8.36. The summed E-state index contributed by atoms with van der Waals surface area (Å²) in [6.07, 6.45) is 0.752. The van der Waals surface area contributed by atoms with Crippen molar-refractivity contribution in [1.82, 2.24) is 0 Å². The molecule has 0 rings (SSSR count). The zero-order chi connectivity index (χ0) is 13.1. The van der Waals surface area contributed by atoms with Gasteiger partial charge in [0.15, 0.2) is 0 Å². The number of carbonyl (C=O) groups is 2. The minimum Gasteiger partial charge on any atom is -0.739 e. The molecule has 2 atom stereocenters. The van der Waals surface area contributed by atoms with Crippen molar-refractivity contribution in [3.63, 3.8) is 0 Å². The SMILES string of the molecule is CCCC(O)C(=O)[S-].CCCC(O)C(=O)[S-].[Fe+2]. The molecule has 0 saturated heterocycles. The minimum absolute atomic E-state index is 0. The van der Waals surface area contributed by atoms with E-state index in [2.05, 4.69) is 25.3 Å². The first-order valence-corrected chi connectivity index (χ1v) is 5.96. The Hall–Kier alpha value is 0.219. The second kappa shape index (κ2) is 14.3. The van der Waals surface area contributed by atoms with E-state index in [0.29, 0.717) is 12.8 Å². The van der Waals surface area contributed by atoms with Gasteiger partial charge >= 0.3 is 17.1 Å². The van der Waals surface area contributed by atoms with E-state index in [1.165, 1.54) is 0 Å². The van der Waals surface area contributed by atoms with Gasteiger partial charge in [-0.15, -0.1) is 0 Å². The number of aliphatic hydroxyl groups excluding tert-OH is 2. The number of hydrogen-bond donors (Lipinski definition) is 2. The summed E-state index contributed by atoms with van der Waals surface area (Å²) in [5.41, 5.74) is 0. The molecule has 0 bridgehead atoms. The van der Waals surface area contributed by atoms with Gasteiger partial charge in [0.25, 0.3) is 0 Å². The fraction of sp³-hybridized carbons (Fsp3) is 0.800. The normalized spacial score (nSPS) is 12.5. The van der Waals surface area contributed by atoms with E-state index in [0.717, 1.165) is 12.8 Å². The zero-order valence-electron chi connectivity index (χ0n) is 9.86. The average molecular weight is 322 g/mol. The van der Waals surface area contributed by atoms with Crippen molar-refractivity contribution >= 4 is 35.5 Å². The van der Waals surface area contributed by atoms with Gasteiger partial charge in [0, 0.05) is 10.2 Å². The first kappa shape index (κ1) is 22.4. The van der Waals surface area contributed by atoms with Gasteiger partial charge in [-0.25, -0.2) is 0 Å². The molecule has 17 heavy (non-hydrogen) atoms. The molecule has 0 spiro atoms. The number of aliphatic hydroxyl groups is 2. The van der Waals surface area contributed by atoms with Gasteiger partial charge in [0.1, 0.15) is 0 Å². The summed E-state index contributed by atoms with van der Waals surface area (Å²) in [6.45, 7) is 3.78. The third-order valence-corrected chi connectivity index (χ3v) is 2.21. The van der Waals surface area contributed by atoms with E-state index >= 15 is 0 Å². The maximum absolute atomic E-state index is 10.1. The van der Waals surface area contributed by atoms with Crippen LogP contribution in [0.15, 0.2) is 0 Å². The topological polar surface area (TPSA) is 74.6 Å². The molecular weight excluding hydrogens is 304 g/mol. The van der Waals surface area contributed by atoms with Crippen molar-refractivity contribution in [2.75, 3.05) is 0 Å². The van der Waals surface area contributed by atoms with Crippen molar-refractivity contribution < 1.29 is 36.9 Å². The van der Waals surface area contributed by atoms with E-state index in [1.54, 1.807) is 0 Å². The maximum atomic E-state index is 10.1. The van der Waals surface area contributed by atoms with Crippen molar-refractivity contribution in [3.8, 4) is 0 Å². The molecule has 0 amide bonds. The predicted molar refractivity (Wildman–Crippen MR) is 66.6 cm³/mol.